The fraction of sp³-hybridized carbons (Fsp3) is 0.500. The van der Waals surface area contributed by atoms with E-state index in [0.717, 1.165) is 31.9 Å². The molecule has 0 bridgehead atoms. The van der Waals surface area contributed by atoms with Gasteiger partial charge in [-0.15, -0.1) is 0 Å². The van der Waals surface area contributed by atoms with Crippen LogP contribution in [0.15, 0.2) is 12.1 Å². The summed E-state index contributed by atoms with van der Waals surface area (Å²) in [5, 5.41) is 9.18. The molecule has 1 atom stereocenters. The molecule has 23 heavy (non-hydrogen) atoms. The number of ether oxygens (including phenoxy) is 2. The van der Waals surface area contributed by atoms with Gasteiger partial charge < -0.3 is 24.4 Å². The van der Waals surface area contributed by atoms with Crippen molar-refractivity contribution in [2.75, 3.05) is 45.2 Å². The van der Waals surface area contributed by atoms with Gasteiger partial charge in [0.05, 0.1) is 12.8 Å². The highest BCUT2D eigenvalue weighted by atomic mass is 16.5. The maximum Gasteiger partial charge on any atom is 0.352 e. The van der Waals surface area contributed by atoms with Gasteiger partial charge >= 0.3 is 5.97 Å². The van der Waals surface area contributed by atoms with Crippen LogP contribution in [0.5, 0.6) is 11.5 Å². The Bertz CT molecular complexity index is 638. The molecule has 7 nitrogen and oxygen atoms in total. The molecular weight excluding hydrogens is 300 g/mol. The SMILES string of the molecule is COc1cc2c(c(N3CCN(C)CC3)c1)OC(C(=O)O)C(=O)C2. The number of carboxylic acids is 1. The van der Waals surface area contributed by atoms with Crippen LogP contribution in [0.25, 0.3) is 0 Å². The van der Waals surface area contributed by atoms with Crippen LogP contribution < -0.4 is 14.4 Å². The molecule has 2 aliphatic heterocycles. The lowest BCUT2D eigenvalue weighted by Crippen LogP contribution is -2.45. The number of carbonyl (C=O) groups excluding carboxylic acids is 1. The first kappa shape index (κ1) is 15.6. The predicted molar refractivity (Wildman–Crippen MR) is 83.5 cm³/mol. The minimum absolute atomic E-state index is 0.0459. The van der Waals surface area contributed by atoms with E-state index in [-0.39, 0.29) is 6.42 Å². The molecule has 0 radical (unpaired) electrons. The molecule has 0 saturated carbocycles. The Labute approximate surface area is 134 Å². The minimum atomic E-state index is -1.43. The fourth-order valence-corrected chi connectivity index (χ4v) is 2.96. The van der Waals surface area contributed by atoms with Crippen molar-refractivity contribution in [3.63, 3.8) is 0 Å². The number of hydrogen-bond acceptors (Lipinski definition) is 6. The highest BCUT2D eigenvalue weighted by Gasteiger charge is 2.36. The number of ketones is 1. The largest absolute Gasteiger partial charge is 0.497 e. The summed E-state index contributed by atoms with van der Waals surface area (Å²) in [5.74, 6) is -0.561. The standard InChI is InChI=1S/C16H20N2O5/c1-17-3-5-18(6-4-17)12-9-11(22-2)7-10-8-13(19)15(16(20)21)23-14(10)12/h7,9,15H,3-6,8H2,1-2H3,(H,20,21). The zero-order chi connectivity index (χ0) is 16.6. The molecule has 7 heteroatoms. The summed E-state index contributed by atoms with van der Waals surface area (Å²) in [5.41, 5.74) is 1.48. The van der Waals surface area contributed by atoms with Crippen molar-refractivity contribution >= 4 is 17.4 Å². The van der Waals surface area contributed by atoms with Gasteiger partial charge in [0.2, 0.25) is 0 Å². The van der Waals surface area contributed by atoms with Gasteiger partial charge in [0.25, 0.3) is 6.10 Å². The van der Waals surface area contributed by atoms with Gasteiger partial charge in [-0.1, -0.05) is 0 Å². The summed E-state index contributed by atoms with van der Waals surface area (Å²) in [6, 6.07) is 3.59. The van der Waals surface area contributed by atoms with E-state index >= 15 is 0 Å². The van der Waals surface area contributed by atoms with Gasteiger partial charge in [0.1, 0.15) is 11.5 Å². The first-order valence-electron chi connectivity index (χ1n) is 7.56. The second kappa shape index (κ2) is 6.08. The highest BCUT2D eigenvalue weighted by molar-refractivity contribution is 6.04. The molecule has 1 aromatic carbocycles. The summed E-state index contributed by atoms with van der Waals surface area (Å²) in [4.78, 5) is 27.6. The number of aliphatic carboxylic acids is 1. The van der Waals surface area contributed by atoms with E-state index in [4.69, 9.17) is 9.47 Å². The van der Waals surface area contributed by atoms with Crippen molar-refractivity contribution in [1.29, 1.82) is 0 Å². The van der Waals surface area contributed by atoms with Gasteiger partial charge in [0.15, 0.2) is 5.78 Å². The van der Waals surface area contributed by atoms with Gasteiger partial charge in [-0.25, -0.2) is 4.79 Å². The Morgan fingerprint density at radius 3 is 2.61 bits per heavy atom. The molecule has 1 fully saturated rings. The van der Waals surface area contributed by atoms with Gasteiger partial charge in [-0.3, -0.25) is 4.79 Å². The number of nitrogens with zero attached hydrogens (tertiary/aromatic N) is 2. The zero-order valence-electron chi connectivity index (χ0n) is 13.2. The van der Waals surface area contributed by atoms with Crippen LogP contribution in [0.3, 0.4) is 0 Å². The Balaban J connectivity index is 2.00. The Morgan fingerprint density at radius 1 is 1.30 bits per heavy atom. The molecule has 1 unspecified atom stereocenters. The Hall–Kier alpha value is -2.28. The molecule has 2 heterocycles. The summed E-state index contributed by atoms with van der Waals surface area (Å²) in [7, 11) is 3.63. The number of carbonyl (C=O) groups is 2. The maximum atomic E-state index is 12.0. The number of benzene rings is 1. The molecule has 2 aliphatic rings. The molecule has 0 aromatic heterocycles. The molecular formula is C16H20N2O5. The van der Waals surface area contributed by atoms with E-state index in [0.29, 0.717) is 17.1 Å². The third-order valence-electron chi connectivity index (χ3n) is 4.32. The van der Waals surface area contributed by atoms with Gasteiger partial charge in [0, 0.05) is 44.2 Å². The molecule has 1 N–H and O–H groups in total. The van der Waals surface area contributed by atoms with E-state index in [2.05, 4.69) is 16.8 Å². The molecule has 1 aromatic rings. The second-order valence-electron chi connectivity index (χ2n) is 5.90. The second-order valence-corrected chi connectivity index (χ2v) is 5.90. The van der Waals surface area contributed by atoms with Crippen LogP contribution in [0.2, 0.25) is 0 Å². The number of rotatable bonds is 3. The van der Waals surface area contributed by atoms with E-state index in [9.17, 15) is 14.7 Å². The smallest absolute Gasteiger partial charge is 0.352 e. The number of anilines is 1. The number of carboxylic acid groups (broad SMARTS) is 1. The first-order valence-corrected chi connectivity index (χ1v) is 7.56. The van der Waals surface area contributed by atoms with Crippen LogP contribution in [0.1, 0.15) is 5.56 Å². The Kier molecular flexibility index (Phi) is 4.12. The van der Waals surface area contributed by atoms with Crippen LogP contribution in [0, 0.1) is 0 Å². The maximum absolute atomic E-state index is 12.0. The van der Waals surface area contributed by atoms with Crippen molar-refractivity contribution in [3.05, 3.63) is 17.7 Å². The van der Waals surface area contributed by atoms with Crippen LogP contribution in [0.4, 0.5) is 5.69 Å². The molecule has 1 saturated heterocycles. The average Bonchev–Trinajstić information content (AvgIpc) is 2.53. The number of fused-ring (bicyclic) bond motifs is 1. The number of Topliss-reactive ketones (excluding diaryl/α,β-unsaturated/α-hetero) is 1. The number of likely N-dealkylation sites (N-methyl/N-ethyl adjacent to an activating group) is 1. The van der Waals surface area contributed by atoms with Crippen molar-refractivity contribution in [3.8, 4) is 11.5 Å². The van der Waals surface area contributed by atoms with Crippen LogP contribution in [-0.4, -0.2) is 68.2 Å². The zero-order valence-corrected chi connectivity index (χ0v) is 13.2. The lowest BCUT2D eigenvalue weighted by Gasteiger charge is -2.36. The van der Waals surface area contributed by atoms with E-state index in [1.54, 1.807) is 13.2 Å². The summed E-state index contributed by atoms with van der Waals surface area (Å²) >= 11 is 0. The van der Waals surface area contributed by atoms with Crippen molar-refractivity contribution in [2.24, 2.45) is 0 Å². The highest BCUT2D eigenvalue weighted by Crippen LogP contribution is 2.40. The lowest BCUT2D eigenvalue weighted by molar-refractivity contribution is -0.150. The topological polar surface area (TPSA) is 79.3 Å². The fourth-order valence-electron chi connectivity index (χ4n) is 2.96. The summed E-state index contributed by atoms with van der Waals surface area (Å²) in [6.07, 6.45) is -1.38. The summed E-state index contributed by atoms with van der Waals surface area (Å²) in [6.45, 7) is 3.44. The third-order valence-corrected chi connectivity index (χ3v) is 4.32. The molecule has 3 rings (SSSR count). The minimum Gasteiger partial charge on any atom is -0.497 e. The van der Waals surface area contributed by atoms with E-state index in [1.807, 2.05) is 6.07 Å². The van der Waals surface area contributed by atoms with E-state index in [1.165, 1.54) is 0 Å². The van der Waals surface area contributed by atoms with E-state index < -0.39 is 17.9 Å². The van der Waals surface area contributed by atoms with Crippen LogP contribution >= 0.6 is 0 Å². The Morgan fingerprint density at radius 2 is 2.00 bits per heavy atom. The van der Waals surface area contributed by atoms with Gasteiger partial charge in [-0.05, 0) is 13.1 Å². The summed E-state index contributed by atoms with van der Waals surface area (Å²) < 4.78 is 10.9. The third kappa shape index (κ3) is 2.96. The van der Waals surface area contributed by atoms with Crippen LogP contribution in [-0.2, 0) is 16.0 Å². The normalized spacial score (nSPS) is 21.6. The van der Waals surface area contributed by atoms with Gasteiger partial charge in [-0.2, -0.15) is 0 Å². The first-order chi connectivity index (χ1) is 11.0. The molecule has 124 valence electrons. The number of piperazine rings is 1. The van der Waals surface area contributed by atoms with Crippen molar-refractivity contribution in [2.45, 2.75) is 12.5 Å². The quantitative estimate of drug-likeness (QED) is 0.808. The number of methoxy groups -OCH3 is 1. The number of hydrogen-bond donors (Lipinski definition) is 1. The lowest BCUT2D eigenvalue weighted by atomic mass is 9.99. The monoisotopic (exact) mass is 320 g/mol. The predicted octanol–water partition coefficient (Wildman–Crippen LogP) is 0.404. The van der Waals surface area contributed by atoms with Crippen molar-refractivity contribution in [1.82, 2.24) is 4.90 Å². The molecule has 0 amide bonds. The average molecular weight is 320 g/mol. The molecule has 0 aliphatic carbocycles. The molecule has 0 spiro atoms. The van der Waals surface area contributed by atoms with Crippen molar-refractivity contribution < 1.29 is 24.2 Å².